The van der Waals surface area contributed by atoms with Crippen molar-refractivity contribution < 1.29 is 9.53 Å². The van der Waals surface area contributed by atoms with Gasteiger partial charge in [0.25, 0.3) is 0 Å². The molecule has 0 radical (unpaired) electrons. The normalized spacial score (nSPS) is 10.4. The van der Waals surface area contributed by atoms with Crippen molar-refractivity contribution in [3.05, 3.63) is 66.2 Å². The van der Waals surface area contributed by atoms with E-state index in [9.17, 15) is 4.79 Å². The summed E-state index contributed by atoms with van der Waals surface area (Å²) in [5, 5.41) is 3.32. The summed E-state index contributed by atoms with van der Waals surface area (Å²) >= 11 is 0. The highest BCUT2D eigenvalue weighted by molar-refractivity contribution is 5.89. The van der Waals surface area contributed by atoms with E-state index in [1.807, 2.05) is 55.6 Å². The Bertz CT molecular complexity index is 943. The summed E-state index contributed by atoms with van der Waals surface area (Å²) in [5.41, 5.74) is 3.22. The second-order valence-electron chi connectivity index (χ2n) is 6.77. The van der Waals surface area contributed by atoms with Crippen molar-refractivity contribution in [1.82, 2.24) is 9.97 Å². The molecule has 0 fully saturated rings. The molecule has 1 heterocycles. The second-order valence-corrected chi connectivity index (χ2v) is 6.77. The summed E-state index contributed by atoms with van der Waals surface area (Å²) in [6.45, 7) is 3.06. The van der Waals surface area contributed by atoms with Crippen LogP contribution in [-0.2, 0) is 4.74 Å². The third-order valence-corrected chi connectivity index (χ3v) is 4.55. The van der Waals surface area contributed by atoms with Gasteiger partial charge in [0, 0.05) is 30.9 Å². The minimum atomic E-state index is -0.357. The zero-order chi connectivity index (χ0) is 20.6. The summed E-state index contributed by atoms with van der Waals surface area (Å²) in [7, 11) is 3.38. The van der Waals surface area contributed by atoms with Crippen LogP contribution < -0.4 is 10.2 Å². The molecule has 0 spiro atoms. The summed E-state index contributed by atoms with van der Waals surface area (Å²) in [5.74, 6) is 1.02. The number of methoxy groups -OCH3 is 1. The Labute approximate surface area is 171 Å². The van der Waals surface area contributed by atoms with Crippen molar-refractivity contribution in [2.75, 3.05) is 30.9 Å². The van der Waals surface area contributed by atoms with Crippen LogP contribution in [0.15, 0.2) is 60.7 Å². The number of unbranched alkanes of at least 4 members (excludes halogenated alkanes) is 1. The van der Waals surface area contributed by atoms with Crippen molar-refractivity contribution in [3.8, 4) is 11.3 Å². The van der Waals surface area contributed by atoms with Crippen LogP contribution in [0, 0.1) is 0 Å². The highest BCUT2D eigenvalue weighted by atomic mass is 16.5. The molecule has 0 aliphatic carbocycles. The SMILES string of the molecule is CCCCN(C)c1nc(Nc2ccc(C(=O)OC)cc2)cc(-c2ccccc2)n1. The molecule has 29 heavy (non-hydrogen) atoms. The van der Waals surface area contributed by atoms with Gasteiger partial charge in [-0.05, 0) is 30.7 Å². The van der Waals surface area contributed by atoms with Crippen LogP contribution in [0.3, 0.4) is 0 Å². The van der Waals surface area contributed by atoms with Gasteiger partial charge in [0.1, 0.15) is 5.82 Å². The fraction of sp³-hybridized carbons (Fsp3) is 0.261. The van der Waals surface area contributed by atoms with Crippen LogP contribution in [0.2, 0.25) is 0 Å². The molecule has 2 aromatic carbocycles. The number of rotatable bonds is 8. The van der Waals surface area contributed by atoms with Gasteiger partial charge in [-0.25, -0.2) is 9.78 Å². The number of hydrogen-bond donors (Lipinski definition) is 1. The van der Waals surface area contributed by atoms with Crippen molar-refractivity contribution >= 4 is 23.4 Å². The topological polar surface area (TPSA) is 67.4 Å². The lowest BCUT2D eigenvalue weighted by atomic mass is 10.1. The van der Waals surface area contributed by atoms with Crippen LogP contribution in [-0.4, -0.2) is 36.6 Å². The van der Waals surface area contributed by atoms with Crippen molar-refractivity contribution in [3.63, 3.8) is 0 Å². The number of nitrogens with one attached hydrogen (secondary N) is 1. The molecule has 3 rings (SSSR count). The standard InChI is InChI=1S/C23H26N4O2/c1-4-5-15-27(2)23-25-20(17-9-7-6-8-10-17)16-21(26-23)24-19-13-11-18(12-14-19)22(28)29-3/h6-14,16H,4-5,15H2,1-3H3,(H,24,25,26). The van der Waals surface area contributed by atoms with Crippen LogP contribution in [0.25, 0.3) is 11.3 Å². The molecule has 1 N–H and O–H groups in total. The van der Waals surface area contributed by atoms with Crippen LogP contribution in [0.5, 0.6) is 0 Å². The molecule has 6 heteroatoms. The van der Waals surface area contributed by atoms with Crippen molar-refractivity contribution in [2.45, 2.75) is 19.8 Å². The number of esters is 1. The van der Waals surface area contributed by atoms with Crippen LogP contribution in [0.4, 0.5) is 17.5 Å². The summed E-state index contributed by atoms with van der Waals surface area (Å²) in [6.07, 6.45) is 2.19. The van der Waals surface area contributed by atoms with Crippen molar-refractivity contribution in [2.24, 2.45) is 0 Å². The molecule has 0 aliphatic heterocycles. The zero-order valence-corrected chi connectivity index (χ0v) is 17.1. The molecule has 150 valence electrons. The molecular weight excluding hydrogens is 364 g/mol. The largest absolute Gasteiger partial charge is 0.465 e. The van der Waals surface area contributed by atoms with Gasteiger partial charge in [-0.2, -0.15) is 4.98 Å². The Morgan fingerprint density at radius 3 is 2.45 bits per heavy atom. The Balaban J connectivity index is 1.91. The number of aromatic nitrogens is 2. The van der Waals surface area contributed by atoms with E-state index in [1.165, 1.54) is 7.11 Å². The van der Waals surface area contributed by atoms with E-state index < -0.39 is 0 Å². The monoisotopic (exact) mass is 390 g/mol. The molecule has 0 aliphatic rings. The van der Waals surface area contributed by atoms with Gasteiger partial charge in [-0.3, -0.25) is 0 Å². The number of benzene rings is 2. The first-order valence-corrected chi connectivity index (χ1v) is 9.71. The minimum absolute atomic E-state index is 0.357. The molecule has 3 aromatic rings. The van der Waals surface area contributed by atoms with E-state index in [0.29, 0.717) is 17.3 Å². The van der Waals surface area contributed by atoms with Gasteiger partial charge < -0.3 is 15.0 Å². The first kappa shape index (κ1) is 20.3. The summed E-state index contributed by atoms with van der Waals surface area (Å²) in [6, 6.07) is 19.1. The van der Waals surface area contributed by atoms with Gasteiger partial charge in [0.2, 0.25) is 5.95 Å². The molecule has 0 atom stereocenters. The minimum Gasteiger partial charge on any atom is -0.465 e. The van der Waals surface area contributed by atoms with E-state index in [4.69, 9.17) is 14.7 Å². The molecule has 6 nitrogen and oxygen atoms in total. The van der Waals surface area contributed by atoms with E-state index in [2.05, 4.69) is 17.1 Å². The summed E-state index contributed by atoms with van der Waals surface area (Å²) in [4.78, 5) is 23.1. The number of carbonyl (C=O) groups is 1. The average Bonchev–Trinajstić information content (AvgIpc) is 2.77. The van der Waals surface area contributed by atoms with Crippen molar-refractivity contribution in [1.29, 1.82) is 0 Å². The number of carbonyl (C=O) groups excluding carboxylic acids is 1. The lowest BCUT2D eigenvalue weighted by Gasteiger charge is -2.19. The second kappa shape index (κ2) is 9.68. The van der Waals surface area contributed by atoms with Crippen LogP contribution in [0.1, 0.15) is 30.1 Å². The fourth-order valence-electron chi connectivity index (χ4n) is 2.88. The molecule has 1 aromatic heterocycles. The highest BCUT2D eigenvalue weighted by Gasteiger charge is 2.11. The number of hydrogen-bond acceptors (Lipinski definition) is 6. The van der Waals surface area contributed by atoms with Gasteiger partial charge >= 0.3 is 5.97 Å². The Hall–Kier alpha value is -3.41. The zero-order valence-electron chi connectivity index (χ0n) is 17.1. The predicted octanol–water partition coefficient (Wildman–Crippen LogP) is 4.91. The quantitative estimate of drug-likeness (QED) is 0.551. The Morgan fingerprint density at radius 1 is 1.07 bits per heavy atom. The molecule has 0 saturated carbocycles. The maximum absolute atomic E-state index is 11.6. The van der Waals surface area contributed by atoms with E-state index in [0.717, 1.165) is 36.3 Å². The average molecular weight is 390 g/mol. The van der Waals surface area contributed by atoms with E-state index in [-0.39, 0.29) is 5.97 Å². The Morgan fingerprint density at radius 2 is 1.79 bits per heavy atom. The van der Waals surface area contributed by atoms with Gasteiger partial charge in [-0.15, -0.1) is 0 Å². The lowest BCUT2D eigenvalue weighted by Crippen LogP contribution is -2.21. The molecule has 0 amide bonds. The maximum atomic E-state index is 11.6. The van der Waals surface area contributed by atoms with Crippen LogP contribution >= 0.6 is 0 Å². The van der Waals surface area contributed by atoms with Gasteiger partial charge in [0.15, 0.2) is 0 Å². The Kier molecular flexibility index (Phi) is 6.79. The first-order valence-electron chi connectivity index (χ1n) is 9.71. The molecular formula is C23H26N4O2. The highest BCUT2D eigenvalue weighted by Crippen LogP contribution is 2.25. The maximum Gasteiger partial charge on any atom is 0.337 e. The molecule has 0 bridgehead atoms. The van der Waals surface area contributed by atoms with E-state index in [1.54, 1.807) is 12.1 Å². The lowest BCUT2D eigenvalue weighted by molar-refractivity contribution is 0.0601. The van der Waals surface area contributed by atoms with Gasteiger partial charge in [0.05, 0.1) is 18.4 Å². The third-order valence-electron chi connectivity index (χ3n) is 4.55. The third kappa shape index (κ3) is 5.31. The van der Waals surface area contributed by atoms with Gasteiger partial charge in [-0.1, -0.05) is 43.7 Å². The fourth-order valence-corrected chi connectivity index (χ4v) is 2.88. The summed E-state index contributed by atoms with van der Waals surface area (Å²) < 4.78 is 4.75. The number of ether oxygens (including phenoxy) is 1. The predicted molar refractivity (Wildman–Crippen MR) is 117 cm³/mol. The molecule has 0 unspecified atom stereocenters. The first-order chi connectivity index (χ1) is 14.1. The number of nitrogens with zero attached hydrogens (tertiary/aromatic N) is 3. The molecule has 0 saturated heterocycles. The smallest absolute Gasteiger partial charge is 0.337 e. The van der Waals surface area contributed by atoms with E-state index >= 15 is 0 Å². The number of anilines is 3.